The second-order valence-corrected chi connectivity index (χ2v) is 5.25. The van der Waals surface area contributed by atoms with Gasteiger partial charge in [0.1, 0.15) is 5.54 Å². The molecule has 4 heteroatoms. The third-order valence-corrected chi connectivity index (χ3v) is 3.48. The van der Waals surface area contributed by atoms with Crippen LogP contribution in [0.4, 0.5) is 0 Å². The van der Waals surface area contributed by atoms with E-state index in [1.807, 2.05) is 6.92 Å². The molecule has 16 heavy (non-hydrogen) atoms. The molecule has 1 atom stereocenters. The molecule has 0 amide bonds. The number of hydrogen-bond acceptors (Lipinski definition) is 3. The Morgan fingerprint density at radius 2 is 2.00 bits per heavy atom. The van der Waals surface area contributed by atoms with Gasteiger partial charge in [-0.3, -0.25) is 9.69 Å². The van der Waals surface area contributed by atoms with Gasteiger partial charge in [-0.05, 0) is 25.7 Å². The van der Waals surface area contributed by atoms with Gasteiger partial charge in [0, 0.05) is 26.2 Å². The molecule has 1 aliphatic rings. The summed E-state index contributed by atoms with van der Waals surface area (Å²) in [5.41, 5.74) is -0.688. The Morgan fingerprint density at radius 3 is 2.44 bits per heavy atom. The lowest BCUT2D eigenvalue weighted by atomic mass is 9.89. The SMILES string of the molecule is CC(C)CCC(C)(C(=O)O)N1CCNCC1. The van der Waals surface area contributed by atoms with Crippen molar-refractivity contribution < 1.29 is 9.90 Å². The normalized spacial score (nSPS) is 22.0. The molecule has 0 aromatic heterocycles. The Morgan fingerprint density at radius 1 is 1.44 bits per heavy atom. The van der Waals surface area contributed by atoms with Crippen LogP contribution in [0.25, 0.3) is 0 Å². The summed E-state index contributed by atoms with van der Waals surface area (Å²) in [7, 11) is 0. The fourth-order valence-corrected chi connectivity index (χ4v) is 2.13. The van der Waals surface area contributed by atoms with E-state index in [4.69, 9.17) is 0 Å². The quantitative estimate of drug-likeness (QED) is 0.741. The first-order valence-electron chi connectivity index (χ1n) is 6.16. The van der Waals surface area contributed by atoms with Crippen LogP contribution < -0.4 is 5.32 Å². The third-order valence-electron chi connectivity index (χ3n) is 3.48. The Hall–Kier alpha value is -0.610. The van der Waals surface area contributed by atoms with Crippen molar-refractivity contribution in [2.45, 2.75) is 39.2 Å². The van der Waals surface area contributed by atoms with E-state index < -0.39 is 11.5 Å². The van der Waals surface area contributed by atoms with Crippen LogP contribution in [0.15, 0.2) is 0 Å². The maximum atomic E-state index is 11.5. The number of aliphatic carboxylic acids is 1. The highest BCUT2D eigenvalue weighted by Crippen LogP contribution is 2.24. The van der Waals surface area contributed by atoms with E-state index in [1.54, 1.807) is 0 Å². The monoisotopic (exact) mass is 228 g/mol. The average Bonchev–Trinajstić information content (AvgIpc) is 2.26. The van der Waals surface area contributed by atoms with Crippen molar-refractivity contribution in [1.82, 2.24) is 10.2 Å². The minimum Gasteiger partial charge on any atom is -0.480 e. The van der Waals surface area contributed by atoms with Gasteiger partial charge in [-0.25, -0.2) is 0 Å². The first-order valence-corrected chi connectivity index (χ1v) is 6.16. The Kier molecular flexibility index (Phi) is 4.74. The van der Waals surface area contributed by atoms with E-state index in [-0.39, 0.29) is 0 Å². The zero-order chi connectivity index (χ0) is 12.2. The average molecular weight is 228 g/mol. The summed E-state index contributed by atoms with van der Waals surface area (Å²) in [5.74, 6) is -0.128. The number of nitrogens with one attached hydrogen (secondary N) is 1. The van der Waals surface area contributed by atoms with E-state index >= 15 is 0 Å². The number of piperazine rings is 1. The highest BCUT2D eigenvalue weighted by atomic mass is 16.4. The molecule has 0 aliphatic carbocycles. The lowest BCUT2D eigenvalue weighted by molar-refractivity contribution is -0.151. The van der Waals surface area contributed by atoms with Gasteiger partial charge in [-0.2, -0.15) is 0 Å². The van der Waals surface area contributed by atoms with Crippen molar-refractivity contribution in [1.29, 1.82) is 0 Å². The molecule has 1 unspecified atom stereocenters. The fraction of sp³-hybridized carbons (Fsp3) is 0.917. The molecule has 0 radical (unpaired) electrons. The van der Waals surface area contributed by atoms with E-state index in [0.717, 1.165) is 39.0 Å². The van der Waals surface area contributed by atoms with E-state index in [1.165, 1.54) is 0 Å². The van der Waals surface area contributed by atoms with Crippen LogP contribution in [-0.4, -0.2) is 47.7 Å². The molecule has 2 N–H and O–H groups in total. The van der Waals surface area contributed by atoms with Crippen LogP contribution >= 0.6 is 0 Å². The highest BCUT2D eigenvalue weighted by Gasteiger charge is 2.39. The summed E-state index contributed by atoms with van der Waals surface area (Å²) in [6, 6.07) is 0. The molecule has 0 spiro atoms. The molecular weight excluding hydrogens is 204 g/mol. The van der Waals surface area contributed by atoms with Gasteiger partial charge in [0.25, 0.3) is 0 Å². The van der Waals surface area contributed by atoms with Gasteiger partial charge in [-0.15, -0.1) is 0 Å². The summed E-state index contributed by atoms with van der Waals surface area (Å²) in [6.07, 6.45) is 1.70. The van der Waals surface area contributed by atoms with Gasteiger partial charge in [0.2, 0.25) is 0 Å². The molecule has 1 heterocycles. The minimum atomic E-state index is -0.688. The summed E-state index contributed by atoms with van der Waals surface area (Å²) in [6.45, 7) is 9.60. The second kappa shape index (κ2) is 5.64. The first kappa shape index (κ1) is 13.5. The summed E-state index contributed by atoms with van der Waals surface area (Å²) >= 11 is 0. The third kappa shape index (κ3) is 3.19. The molecule has 0 bridgehead atoms. The zero-order valence-corrected chi connectivity index (χ0v) is 10.6. The number of hydrogen-bond donors (Lipinski definition) is 2. The number of carbonyl (C=O) groups is 1. The molecular formula is C12H24N2O2. The van der Waals surface area contributed by atoms with Crippen LogP contribution in [0.3, 0.4) is 0 Å². The van der Waals surface area contributed by atoms with Crippen molar-refractivity contribution in [3.8, 4) is 0 Å². The lowest BCUT2D eigenvalue weighted by Crippen LogP contribution is -2.58. The number of carboxylic acid groups (broad SMARTS) is 1. The van der Waals surface area contributed by atoms with Crippen LogP contribution in [0, 0.1) is 5.92 Å². The number of carboxylic acids is 1. The Labute approximate surface area is 98.0 Å². The maximum absolute atomic E-state index is 11.5. The van der Waals surface area contributed by atoms with Crippen molar-refractivity contribution in [2.75, 3.05) is 26.2 Å². The van der Waals surface area contributed by atoms with Crippen LogP contribution in [0.2, 0.25) is 0 Å². The minimum absolute atomic E-state index is 0.557. The van der Waals surface area contributed by atoms with Gasteiger partial charge in [0.15, 0.2) is 0 Å². The van der Waals surface area contributed by atoms with Gasteiger partial charge in [-0.1, -0.05) is 13.8 Å². The molecule has 1 rings (SSSR count). The second-order valence-electron chi connectivity index (χ2n) is 5.25. The zero-order valence-electron chi connectivity index (χ0n) is 10.6. The smallest absolute Gasteiger partial charge is 0.323 e. The van der Waals surface area contributed by atoms with Gasteiger partial charge < -0.3 is 10.4 Å². The topological polar surface area (TPSA) is 52.6 Å². The first-order chi connectivity index (χ1) is 7.47. The van der Waals surface area contributed by atoms with E-state index in [2.05, 4.69) is 24.1 Å². The predicted octanol–water partition coefficient (Wildman–Crippen LogP) is 1.17. The van der Waals surface area contributed by atoms with Gasteiger partial charge >= 0.3 is 5.97 Å². The molecule has 94 valence electrons. The number of rotatable bonds is 5. The Balaban J connectivity index is 2.66. The van der Waals surface area contributed by atoms with Crippen molar-refractivity contribution in [2.24, 2.45) is 5.92 Å². The molecule has 1 saturated heterocycles. The largest absolute Gasteiger partial charge is 0.480 e. The highest BCUT2D eigenvalue weighted by molar-refractivity contribution is 5.78. The predicted molar refractivity (Wildman–Crippen MR) is 64.6 cm³/mol. The van der Waals surface area contributed by atoms with E-state index in [9.17, 15) is 9.90 Å². The maximum Gasteiger partial charge on any atom is 0.323 e. The molecule has 1 fully saturated rings. The Bertz CT molecular complexity index is 237. The summed E-state index contributed by atoms with van der Waals surface area (Å²) in [5, 5.41) is 12.7. The standard InChI is InChI=1S/C12H24N2O2/c1-10(2)4-5-12(3,11(15)16)14-8-6-13-7-9-14/h10,13H,4-9H2,1-3H3,(H,15,16). The lowest BCUT2D eigenvalue weighted by Gasteiger charge is -2.40. The summed E-state index contributed by atoms with van der Waals surface area (Å²) in [4.78, 5) is 13.6. The fourth-order valence-electron chi connectivity index (χ4n) is 2.13. The molecule has 4 nitrogen and oxygen atoms in total. The molecule has 0 aromatic rings. The molecule has 0 aromatic carbocycles. The van der Waals surface area contributed by atoms with E-state index in [0.29, 0.717) is 5.92 Å². The molecule has 1 aliphatic heterocycles. The van der Waals surface area contributed by atoms with Crippen LogP contribution in [-0.2, 0) is 4.79 Å². The van der Waals surface area contributed by atoms with Crippen LogP contribution in [0.5, 0.6) is 0 Å². The number of nitrogens with zero attached hydrogens (tertiary/aromatic N) is 1. The van der Waals surface area contributed by atoms with Crippen molar-refractivity contribution in [3.63, 3.8) is 0 Å². The summed E-state index contributed by atoms with van der Waals surface area (Å²) < 4.78 is 0. The van der Waals surface area contributed by atoms with Crippen molar-refractivity contribution >= 4 is 5.97 Å². The molecule has 0 saturated carbocycles. The van der Waals surface area contributed by atoms with Gasteiger partial charge in [0.05, 0.1) is 0 Å². The van der Waals surface area contributed by atoms with Crippen molar-refractivity contribution in [3.05, 3.63) is 0 Å². The van der Waals surface area contributed by atoms with Crippen LogP contribution in [0.1, 0.15) is 33.6 Å².